The first-order chi connectivity index (χ1) is 16.2. The molecule has 1 unspecified atom stereocenters. The monoisotopic (exact) mass is 454 g/mol. The van der Waals surface area contributed by atoms with Gasteiger partial charge in [0.25, 0.3) is 0 Å². The van der Waals surface area contributed by atoms with Gasteiger partial charge in [0.05, 0.1) is 5.57 Å². The Morgan fingerprint density at radius 1 is 1.15 bits per heavy atom. The zero-order valence-corrected chi connectivity index (χ0v) is 20.6. The topological polar surface area (TPSA) is 43.4 Å². The van der Waals surface area contributed by atoms with Crippen molar-refractivity contribution < 1.29 is 14.3 Å². The Morgan fingerprint density at radius 2 is 1.88 bits per heavy atom. The molecule has 0 bridgehead atoms. The first-order valence-corrected chi connectivity index (χ1v) is 11.3. The average molecular weight is 455 g/mol. The van der Waals surface area contributed by atoms with Crippen molar-refractivity contribution in [2.45, 2.75) is 40.2 Å². The van der Waals surface area contributed by atoms with E-state index in [4.69, 9.17) is 4.74 Å². The molecule has 2 rings (SSSR count). The molecule has 3 heteroatoms. The quantitative estimate of drug-likeness (QED) is 0.122. The van der Waals surface area contributed by atoms with Crippen LogP contribution in [0.4, 0.5) is 0 Å². The lowest BCUT2D eigenvalue weighted by Gasteiger charge is -2.33. The smallest absolute Gasteiger partial charge is 0.196 e. The number of carbonyl (C=O) groups excluding carboxylic acids is 2. The van der Waals surface area contributed by atoms with Crippen LogP contribution in [0.3, 0.4) is 0 Å². The van der Waals surface area contributed by atoms with Gasteiger partial charge < -0.3 is 4.74 Å². The van der Waals surface area contributed by atoms with Crippen LogP contribution < -0.4 is 0 Å². The van der Waals surface area contributed by atoms with E-state index in [1.807, 2.05) is 50.3 Å². The molecule has 0 spiro atoms. The third kappa shape index (κ3) is 6.20. The van der Waals surface area contributed by atoms with Crippen LogP contribution in [-0.2, 0) is 14.3 Å². The number of aldehydes is 1. The predicted octanol–water partition coefficient (Wildman–Crippen LogP) is 7.18. The number of hydrogen-bond acceptors (Lipinski definition) is 3. The van der Waals surface area contributed by atoms with Crippen molar-refractivity contribution in [1.82, 2.24) is 0 Å². The zero-order valence-electron chi connectivity index (χ0n) is 20.6. The highest BCUT2D eigenvalue weighted by atomic mass is 16.5. The van der Waals surface area contributed by atoms with Crippen LogP contribution in [-0.4, -0.2) is 18.2 Å². The first-order valence-electron chi connectivity index (χ1n) is 11.3. The highest BCUT2D eigenvalue weighted by Gasteiger charge is 2.36. The van der Waals surface area contributed by atoms with Crippen LogP contribution in [0.2, 0.25) is 0 Å². The van der Waals surface area contributed by atoms with Crippen LogP contribution >= 0.6 is 0 Å². The van der Waals surface area contributed by atoms with Gasteiger partial charge in [-0.1, -0.05) is 94.3 Å². The third-order valence-corrected chi connectivity index (χ3v) is 6.08. The summed E-state index contributed by atoms with van der Waals surface area (Å²) in [6, 6.07) is 0. The second-order valence-corrected chi connectivity index (χ2v) is 8.66. The van der Waals surface area contributed by atoms with Gasteiger partial charge in [-0.05, 0) is 48.3 Å². The van der Waals surface area contributed by atoms with Crippen molar-refractivity contribution in [3.8, 4) is 0 Å². The molecule has 0 radical (unpaired) electrons. The normalized spacial score (nSPS) is 21.2. The second kappa shape index (κ2) is 11.9. The molecule has 0 saturated heterocycles. The van der Waals surface area contributed by atoms with E-state index in [-0.39, 0.29) is 22.9 Å². The maximum Gasteiger partial charge on any atom is 0.196 e. The Balaban J connectivity index is 2.44. The minimum atomic E-state index is -0.372. The summed E-state index contributed by atoms with van der Waals surface area (Å²) in [5, 5.41) is 0. The molecule has 1 aliphatic heterocycles. The summed E-state index contributed by atoms with van der Waals surface area (Å²) in [5.74, 6) is 0.0720. The molecule has 0 aromatic rings. The van der Waals surface area contributed by atoms with Gasteiger partial charge in [0.15, 0.2) is 12.1 Å². The first kappa shape index (κ1) is 26.5. The highest BCUT2D eigenvalue weighted by Crippen LogP contribution is 2.44. The van der Waals surface area contributed by atoms with Crippen LogP contribution in [0, 0.1) is 5.41 Å². The summed E-state index contributed by atoms with van der Waals surface area (Å²) in [6.07, 6.45) is 23.1. The fraction of sp³-hybridized carbons (Fsp3) is 0.226. The van der Waals surface area contributed by atoms with Crippen molar-refractivity contribution >= 4 is 12.1 Å². The minimum Gasteiger partial charge on any atom is -0.486 e. The molecule has 2 aliphatic rings. The zero-order chi connectivity index (χ0) is 25.3. The molecule has 3 nitrogen and oxygen atoms in total. The Hall–Kier alpha value is -3.72. The van der Waals surface area contributed by atoms with Gasteiger partial charge in [0, 0.05) is 17.4 Å². The van der Waals surface area contributed by atoms with Crippen molar-refractivity contribution in [3.63, 3.8) is 0 Å². The fourth-order valence-electron chi connectivity index (χ4n) is 3.75. The minimum absolute atomic E-state index is 0.0163. The number of Topliss-reactive ketones (excluding diaryl/α,β-unsaturated/α-hetero) is 1. The number of carbonyl (C=O) groups is 2. The summed E-state index contributed by atoms with van der Waals surface area (Å²) >= 11 is 0. The van der Waals surface area contributed by atoms with E-state index in [1.54, 1.807) is 18.2 Å². The molecular formula is C31H34O3. The van der Waals surface area contributed by atoms with E-state index in [1.165, 1.54) is 6.08 Å². The second-order valence-electron chi connectivity index (χ2n) is 8.66. The summed E-state index contributed by atoms with van der Waals surface area (Å²) in [6.45, 7) is 19.5. The highest BCUT2D eigenvalue weighted by molar-refractivity contribution is 6.21. The number of ether oxygens (including phenoxy) is 1. The Bertz CT molecular complexity index is 1120. The Morgan fingerprint density at radius 3 is 2.50 bits per heavy atom. The predicted molar refractivity (Wildman–Crippen MR) is 142 cm³/mol. The molecule has 1 atom stereocenters. The Labute approximate surface area is 204 Å². The van der Waals surface area contributed by atoms with Gasteiger partial charge in [0.1, 0.15) is 11.9 Å². The van der Waals surface area contributed by atoms with E-state index < -0.39 is 0 Å². The van der Waals surface area contributed by atoms with Crippen molar-refractivity contribution in [2.24, 2.45) is 5.41 Å². The Kier molecular flexibility index (Phi) is 9.32. The standard InChI is InChI=1S/C31H34O3/c1-8-11-12-13-15-24-16-17-29-28(19-24)31(6,7)23(5)18-26(34-29)20-25(21-32)30(33)27(14-9-2)22(4)10-3/h8-16,18-21,29H,1-2,5,17H2,3-4,6-7H3/b12-11-,15-13-,22-10-,25-20-,27-14+. The number of allylic oxidation sites excluding steroid dienone is 16. The maximum absolute atomic E-state index is 13.1. The summed E-state index contributed by atoms with van der Waals surface area (Å²) in [5.41, 5.74) is 3.88. The summed E-state index contributed by atoms with van der Waals surface area (Å²) in [7, 11) is 0. The van der Waals surface area contributed by atoms with Crippen molar-refractivity contribution in [2.75, 3.05) is 0 Å². The van der Waals surface area contributed by atoms with Crippen molar-refractivity contribution in [3.05, 3.63) is 132 Å². The fourth-order valence-corrected chi connectivity index (χ4v) is 3.75. The van der Waals surface area contributed by atoms with Gasteiger partial charge >= 0.3 is 0 Å². The lowest BCUT2D eigenvalue weighted by atomic mass is 9.73. The molecule has 0 amide bonds. The van der Waals surface area contributed by atoms with E-state index >= 15 is 0 Å². The van der Waals surface area contributed by atoms with Gasteiger partial charge in [-0.15, -0.1) is 0 Å². The van der Waals surface area contributed by atoms with Crippen LogP contribution in [0.5, 0.6) is 0 Å². The molecule has 0 saturated carbocycles. The van der Waals surface area contributed by atoms with E-state index in [0.717, 1.165) is 22.3 Å². The van der Waals surface area contributed by atoms with Crippen LogP contribution in [0.25, 0.3) is 0 Å². The average Bonchev–Trinajstić information content (AvgIpc) is 2.91. The number of ketones is 1. The van der Waals surface area contributed by atoms with Gasteiger partial charge in [-0.2, -0.15) is 0 Å². The summed E-state index contributed by atoms with van der Waals surface area (Å²) in [4.78, 5) is 25.0. The SMILES string of the molecule is C=C/C=C\C=C/C1=CCC2OC(/C=C(/C=O)C(=O)C(=C/C=C)/C(C)=C\C)=CC(=C)C(C)(C)C2=C1. The summed E-state index contributed by atoms with van der Waals surface area (Å²) < 4.78 is 6.32. The molecule has 0 aromatic heterocycles. The molecule has 34 heavy (non-hydrogen) atoms. The molecule has 1 heterocycles. The largest absolute Gasteiger partial charge is 0.486 e. The van der Waals surface area contributed by atoms with Gasteiger partial charge in [0.2, 0.25) is 0 Å². The number of hydrogen-bond donors (Lipinski definition) is 0. The molecule has 0 fully saturated rings. The van der Waals surface area contributed by atoms with Crippen LogP contribution in [0.1, 0.15) is 34.1 Å². The lowest BCUT2D eigenvalue weighted by molar-refractivity contribution is -0.114. The van der Waals surface area contributed by atoms with Crippen LogP contribution in [0.15, 0.2) is 132 Å². The molecule has 0 N–H and O–H groups in total. The number of rotatable bonds is 9. The molecular weight excluding hydrogens is 420 g/mol. The third-order valence-electron chi connectivity index (χ3n) is 6.08. The van der Waals surface area contributed by atoms with E-state index in [0.29, 0.717) is 24.0 Å². The van der Waals surface area contributed by atoms with Gasteiger partial charge in [-0.3, -0.25) is 9.59 Å². The molecule has 176 valence electrons. The van der Waals surface area contributed by atoms with Gasteiger partial charge in [-0.25, -0.2) is 0 Å². The van der Waals surface area contributed by atoms with E-state index in [9.17, 15) is 9.59 Å². The maximum atomic E-state index is 13.1. The molecule has 1 aliphatic carbocycles. The lowest BCUT2D eigenvalue weighted by Crippen LogP contribution is -2.27. The van der Waals surface area contributed by atoms with E-state index in [2.05, 4.69) is 45.7 Å². The number of fused-ring (bicyclic) bond motifs is 1. The van der Waals surface area contributed by atoms with Crippen molar-refractivity contribution in [1.29, 1.82) is 0 Å². The molecule has 0 aromatic carbocycles.